The minimum Gasteiger partial charge on any atom is -0.465 e. The van der Waals surface area contributed by atoms with Crippen molar-refractivity contribution in [3.8, 4) is 0 Å². The number of esters is 2. The third-order valence-electron chi connectivity index (χ3n) is 6.50. The van der Waals surface area contributed by atoms with Gasteiger partial charge < -0.3 is 9.47 Å². The molecule has 1 fully saturated rings. The fourth-order valence-corrected chi connectivity index (χ4v) is 4.44. The highest BCUT2D eigenvalue weighted by molar-refractivity contribution is 5.76. The SMILES string of the molecule is CCCCCCCCCOC(=O)C1CCCC(C(=O)OCCCCCCCC(C)C)C1. The minimum absolute atomic E-state index is 0.107. The smallest absolute Gasteiger partial charge is 0.308 e. The fourth-order valence-electron chi connectivity index (χ4n) is 4.44. The molecule has 0 N–H and O–H groups in total. The highest BCUT2D eigenvalue weighted by Crippen LogP contribution is 2.31. The Bertz CT molecular complexity index is 460. The Hall–Kier alpha value is -1.06. The van der Waals surface area contributed by atoms with E-state index in [4.69, 9.17) is 9.47 Å². The van der Waals surface area contributed by atoms with Crippen LogP contribution in [0.1, 0.15) is 130 Å². The maximum atomic E-state index is 12.4. The van der Waals surface area contributed by atoms with E-state index in [1.165, 1.54) is 57.8 Å². The largest absolute Gasteiger partial charge is 0.465 e. The molecule has 0 radical (unpaired) electrons. The van der Waals surface area contributed by atoms with E-state index in [0.29, 0.717) is 19.6 Å². The van der Waals surface area contributed by atoms with E-state index < -0.39 is 0 Å². The molecule has 0 saturated heterocycles. The number of carbonyl (C=O) groups excluding carboxylic acids is 2. The highest BCUT2D eigenvalue weighted by Gasteiger charge is 2.32. The Morgan fingerprint density at radius 2 is 1.16 bits per heavy atom. The molecule has 0 aromatic carbocycles. The monoisotopic (exact) mass is 438 g/mol. The van der Waals surface area contributed by atoms with Crippen LogP contribution in [0, 0.1) is 17.8 Å². The molecule has 1 aliphatic rings. The Labute approximate surface area is 192 Å². The molecule has 182 valence electrons. The maximum absolute atomic E-state index is 12.4. The van der Waals surface area contributed by atoms with Gasteiger partial charge in [0.15, 0.2) is 0 Å². The van der Waals surface area contributed by atoms with Gasteiger partial charge in [0.05, 0.1) is 25.0 Å². The van der Waals surface area contributed by atoms with Crippen molar-refractivity contribution in [1.82, 2.24) is 0 Å². The van der Waals surface area contributed by atoms with Crippen LogP contribution in [-0.4, -0.2) is 25.2 Å². The van der Waals surface area contributed by atoms with Crippen molar-refractivity contribution < 1.29 is 19.1 Å². The van der Waals surface area contributed by atoms with Crippen LogP contribution in [-0.2, 0) is 19.1 Å². The first-order valence-electron chi connectivity index (χ1n) is 13.4. The molecule has 0 spiro atoms. The van der Waals surface area contributed by atoms with Crippen LogP contribution < -0.4 is 0 Å². The van der Waals surface area contributed by atoms with E-state index in [-0.39, 0.29) is 23.8 Å². The Balaban J connectivity index is 2.08. The van der Waals surface area contributed by atoms with Gasteiger partial charge in [-0.3, -0.25) is 9.59 Å². The summed E-state index contributed by atoms with van der Waals surface area (Å²) in [5, 5.41) is 0. The summed E-state index contributed by atoms with van der Waals surface area (Å²) in [6.07, 6.45) is 18.9. The molecular formula is C27H50O4. The zero-order valence-corrected chi connectivity index (χ0v) is 20.8. The Morgan fingerprint density at radius 3 is 1.65 bits per heavy atom. The Morgan fingerprint density at radius 1 is 0.710 bits per heavy atom. The molecule has 1 rings (SSSR count). The number of carbonyl (C=O) groups is 2. The van der Waals surface area contributed by atoms with E-state index in [0.717, 1.165) is 50.9 Å². The van der Waals surface area contributed by atoms with Crippen molar-refractivity contribution in [2.45, 2.75) is 130 Å². The molecule has 1 saturated carbocycles. The molecule has 0 bridgehead atoms. The van der Waals surface area contributed by atoms with Crippen LogP contribution in [0.25, 0.3) is 0 Å². The van der Waals surface area contributed by atoms with Gasteiger partial charge in [0.25, 0.3) is 0 Å². The number of unbranched alkanes of at least 4 members (excludes halogenated alkanes) is 10. The quantitative estimate of drug-likeness (QED) is 0.163. The van der Waals surface area contributed by atoms with Crippen molar-refractivity contribution in [2.24, 2.45) is 17.8 Å². The summed E-state index contributed by atoms with van der Waals surface area (Å²) in [5.74, 6) is 0.319. The molecule has 0 aromatic rings. The van der Waals surface area contributed by atoms with Crippen LogP contribution in [0.4, 0.5) is 0 Å². The number of rotatable bonds is 18. The zero-order chi connectivity index (χ0) is 22.7. The fraction of sp³-hybridized carbons (Fsp3) is 0.926. The van der Waals surface area contributed by atoms with Crippen LogP contribution in [0.15, 0.2) is 0 Å². The maximum Gasteiger partial charge on any atom is 0.308 e. The molecule has 2 atom stereocenters. The molecule has 1 aliphatic carbocycles. The van der Waals surface area contributed by atoms with Gasteiger partial charge >= 0.3 is 11.9 Å². The zero-order valence-electron chi connectivity index (χ0n) is 20.8. The molecule has 31 heavy (non-hydrogen) atoms. The summed E-state index contributed by atoms with van der Waals surface area (Å²) in [7, 11) is 0. The van der Waals surface area contributed by atoms with Gasteiger partial charge in [0.1, 0.15) is 0 Å². The molecule has 0 aliphatic heterocycles. The number of hydrogen-bond donors (Lipinski definition) is 0. The average Bonchev–Trinajstić information content (AvgIpc) is 2.77. The van der Waals surface area contributed by atoms with Crippen LogP contribution in [0.2, 0.25) is 0 Å². The first-order valence-corrected chi connectivity index (χ1v) is 13.4. The second-order valence-corrected chi connectivity index (χ2v) is 9.97. The second-order valence-electron chi connectivity index (χ2n) is 9.97. The summed E-state index contributed by atoms with van der Waals surface area (Å²) < 4.78 is 11.0. The summed E-state index contributed by atoms with van der Waals surface area (Å²) in [5.41, 5.74) is 0. The lowest BCUT2D eigenvalue weighted by Crippen LogP contribution is -2.30. The van der Waals surface area contributed by atoms with Crippen LogP contribution in [0.3, 0.4) is 0 Å². The van der Waals surface area contributed by atoms with Crippen molar-refractivity contribution in [1.29, 1.82) is 0 Å². The molecule has 2 unspecified atom stereocenters. The lowest BCUT2D eigenvalue weighted by atomic mass is 9.81. The second kappa shape index (κ2) is 18.5. The Kier molecular flexibility index (Phi) is 16.7. The topological polar surface area (TPSA) is 52.6 Å². The average molecular weight is 439 g/mol. The minimum atomic E-state index is -0.129. The molecule has 0 aromatic heterocycles. The van der Waals surface area contributed by atoms with Gasteiger partial charge in [-0.15, -0.1) is 0 Å². The van der Waals surface area contributed by atoms with E-state index in [2.05, 4.69) is 20.8 Å². The number of hydrogen-bond acceptors (Lipinski definition) is 4. The van der Waals surface area contributed by atoms with Gasteiger partial charge in [0, 0.05) is 0 Å². The summed E-state index contributed by atoms with van der Waals surface area (Å²) >= 11 is 0. The standard InChI is InChI=1S/C27H50O4/c1-4-5-6-7-8-11-14-20-30-26(28)24-18-16-19-25(22-24)27(29)31-21-15-12-9-10-13-17-23(2)3/h23-25H,4-22H2,1-3H3. The first-order chi connectivity index (χ1) is 15.0. The predicted molar refractivity (Wildman–Crippen MR) is 128 cm³/mol. The normalized spacial score (nSPS) is 18.8. The summed E-state index contributed by atoms with van der Waals surface area (Å²) in [6, 6.07) is 0. The third-order valence-corrected chi connectivity index (χ3v) is 6.50. The molecule has 4 heteroatoms. The summed E-state index contributed by atoms with van der Waals surface area (Å²) in [4.78, 5) is 24.8. The van der Waals surface area contributed by atoms with Gasteiger partial charge in [-0.2, -0.15) is 0 Å². The lowest BCUT2D eigenvalue weighted by molar-refractivity contribution is -0.155. The van der Waals surface area contributed by atoms with E-state index in [9.17, 15) is 9.59 Å². The van der Waals surface area contributed by atoms with E-state index >= 15 is 0 Å². The van der Waals surface area contributed by atoms with Crippen LogP contribution >= 0.6 is 0 Å². The van der Waals surface area contributed by atoms with Gasteiger partial charge in [-0.1, -0.05) is 97.8 Å². The van der Waals surface area contributed by atoms with Gasteiger partial charge in [-0.05, 0) is 38.0 Å². The van der Waals surface area contributed by atoms with Crippen molar-refractivity contribution >= 4 is 11.9 Å². The molecule has 0 amide bonds. The van der Waals surface area contributed by atoms with Crippen molar-refractivity contribution in [2.75, 3.05) is 13.2 Å². The molecular weight excluding hydrogens is 388 g/mol. The van der Waals surface area contributed by atoms with Gasteiger partial charge in [0.2, 0.25) is 0 Å². The van der Waals surface area contributed by atoms with Crippen molar-refractivity contribution in [3.05, 3.63) is 0 Å². The molecule has 0 heterocycles. The predicted octanol–water partition coefficient (Wildman–Crippen LogP) is 7.63. The molecule has 4 nitrogen and oxygen atoms in total. The third kappa shape index (κ3) is 14.6. The van der Waals surface area contributed by atoms with Gasteiger partial charge in [-0.25, -0.2) is 0 Å². The van der Waals surface area contributed by atoms with E-state index in [1.54, 1.807) is 0 Å². The highest BCUT2D eigenvalue weighted by atomic mass is 16.5. The lowest BCUT2D eigenvalue weighted by Gasteiger charge is -2.26. The summed E-state index contributed by atoms with van der Waals surface area (Å²) in [6.45, 7) is 7.81. The van der Waals surface area contributed by atoms with E-state index in [1.807, 2.05) is 0 Å². The van der Waals surface area contributed by atoms with Crippen molar-refractivity contribution in [3.63, 3.8) is 0 Å². The number of ether oxygens (including phenoxy) is 2. The first kappa shape index (κ1) is 28.0. The van der Waals surface area contributed by atoms with Crippen LogP contribution in [0.5, 0.6) is 0 Å².